The van der Waals surface area contributed by atoms with E-state index in [1.165, 1.54) is 82.2 Å². The van der Waals surface area contributed by atoms with Gasteiger partial charge >= 0.3 is 0 Å². The molecule has 0 atom stereocenters. The van der Waals surface area contributed by atoms with E-state index in [4.69, 9.17) is 0 Å². The van der Waals surface area contributed by atoms with E-state index < -0.39 is 0 Å². The average molecular weight is 429 g/mol. The number of hydrogen-bond donors (Lipinski definition) is 0. The van der Waals surface area contributed by atoms with Gasteiger partial charge in [0, 0.05) is 36.7 Å². The van der Waals surface area contributed by atoms with Gasteiger partial charge in [-0.25, -0.2) is 0 Å². The topological polar surface area (TPSA) is 42.3 Å². The molecule has 1 amide bonds. The quantitative estimate of drug-likeness (QED) is 0.251. The summed E-state index contributed by atoms with van der Waals surface area (Å²) < 4.78 is 3.78. The molecule has 1 aromatic rings. The SMILES string of the molecule is CCCCCCCCN1SCCC1=O.CCCCCCCCn1sccc1=O. The van der Waals surface area contributed by atoms with Crippen LogP contribution in [0.1, 0.15) is 97.3 Å². The molecule has 6 heteroatoms. The molecule has 4 nitrogen and oxygen atoms in total. The van der Waals surface area contributed by atoms with Gasteiger partial charge in [0.1, 0.15) is 0 Å². The molecule has 28 heavy (non-hydrogen) atoms. The van der Waals surface area contributed by atoms with Crippen LogP contribution in [0.4, 0.5) is 0 Å². The Morgan fingerprint density at radius 1 is 0.821 bits per heavy atom. The minimum Gasteiger partial charge on any atom is -0.286 e. The Morgan fingerprint density at radius 2 is 1.39 bits per heavy atom. The molecule has 0 bridgehead atoms. The summed E-state index contributed by atoms with van der Waals surface area (Å²) in [6.45, 7) is 6.34. The number of rotatable bonds is 14. The zero-order valence-electron chi connectivity index (χ0n) is 18.0. The van der Waals surface area contributed by atoms with Gasteiger partial charge in [0.05, 0.1) is 0 Å². The van der Waals surface area contributed by atoms with Crippen LogP contribution in [-0.4, -0.2) is 26.5 Å². The van der Waals surface area contributed by atoms with Crippen molar-refractivity contribution in [2.45, 2.75) is 104 Å². The van der Waals surface area contributed by atoms with Crippen molar-refractivity contribution in [1.29, 1.82) is 0 Å². The Kier molecular flexibility index (Phi) is 15.5. The number of carbonyl (C=O) groups excluding carboxylic acids is 1. The fraction of sp³-hybridized carbons (Fsp3) is 0.818. The van der Waals surface area contributed by atoms with E-state index in [1.807, 2.05) is 13.6 Å². The average Bonchev–Trinajstić information content (AvgIpc) is 3.29. The molecule has 1 aliphatic heterocycles. The molecule has 0 N–H and O–H groups in total. The Morgan fingerprint density at radius 3 is 1.89 bits per heavy atom. The molecular formula is C22H40N2O2S2. The maximum atomic E-state index is 11.2. The van der Waals surface area contributed by atoms with E-state index in [2.05, 4.69) is 13.8 Å². The number of hydrogen-bond acceptors (Lipinski definition) is 4. The summed E-state index contributed by atoms with van der Waals surface area (Å²) in [7, 11) is 0. The molecule has 1 aliphatic rings. The third-order valence-corrected chi connectivity index (χ3v) is 6.87. The van der Waals surface area contributed by atoms with Crippen LogP contribution >= 0.6 is 23.5 Å². The predicted molar refractivity (Wildman–Crippen MR) is 124 cm³/mol. The summed E-state index contributed by atoms with van der Waals surface area (Å²) in [5.41, 5.74) is 0.156. The van der Waals surface area contributed by atoms with Crippen LogP contribution < -0.4 is 5.56 Å². The standard InChI is InChI=1S/C11H21NOS.C11H19NOS/c2*1-2-3-4-5-6-7-9-12-11(13)8-10-14-12/h2-10H2,1H3;8,10H,2-7,9H2,1H3. The summed E-state index contributed by atoms with van der Waals surface area (Å²) >= 11 is 3.22. The third kappa shape index (κ3) is 11.9. The van der Waals surface area contributed by atoms with Gasteiger partial charge in [-0.2, -0.15) is 0 Å². The normalized spacial score (nSPS) is 13.6. The van der Waals surface area contributed by atoms with Gasteiger partial charge in [-0.1, -0.05) is 89.6 Å². The molecule has 2 rings (SSSR count). The summed E-state index contributed by atoms with van der Waals surface area (Å²) in [6.07, 6.45) is 16.3. The summed E-state index contributed by atoms with van der Waals surface area (Å²) in [4.78, 5) is 22.4. The maximum Gasteiger partial charge on any atom is 0.260 e. The molecule has 0 saturated carbocycles. The maximum absolute atomic E-state index is 11.2. The van der Waals surface area contributed by atoms with Crippen molar-refractivity contribution in [1.82, 2.24) is 8.26 Å². The summed E-state index contributed by atoms with van der Waals surface area (Å²) in [5.74, 6) is 1.33. The van der Waals surface area contributed by atoms with Gasteiger partial charge in [0.2, 0.25) is 5.91 Å². The second kappa shape index (κ2) is 17.1. The highest BCUT2D eigenvalue weighted by atomic mass is 32.2. The number of carbonyl (C=O) groups is 1. The number of amides is 1. The lowest BCUT2D eigenvalue weighted by Gasteiger charge is -2.12. The van der Waals surface area contributed by atoms with Gasteiger partial charge in [0.25, 0.3) is 5.56 Å². The molecule has 162 valence electrons. The molecule has 0 aromatic carbocycles. The van der Waals surface area contributed by atoms with Crippen LogP contribution in [0.15, 0.2) is 16.2 Å². The van der Waals surface area contributed by atoms with Gasteiger partial charge in [-0.05, 0) is 24.8 Å². The highest BCUT2D eigenvalue weighted by molar-refractivity contribution is 7.97. The lowest BCUT2D eigenvalue weighted by Crippen LogP contribution is -2.19. The molecule has 0 aliphatic carbocycles. The van der Waals surface area contributed by atoms with Crippen LogP contribution in [0.5, 0.6) is 0 Å². The first-order chi connectivity index (χ1) is 13.7. The van der Waals surface area contributed by atoms with E-state index in [0.717, 1.165) is 31.7 Å². The first-order valence-electron chi connectivity index (χ1n) is 11.3. The molecule has 0 unspecified atom stereocenters. The number of nitrogens with zero attached hydrogens (tertiary/aromatic N) is 2. The van der Waals surface area contributed by atoms with E-state index in [-0.39, 0.29) is 5.56 Å². The van der Waals surface area contributed by atoms with Crippen molar-refractivity contribution >= 4 is 29.4 Å². The van der Waals surface area contributed by atoms with Crippen LogP contribution in [-0.2, 0) is 11.3 Å². The summed E-state index contributed by atoms with van der Waals surface area (Å²) in [6, 6.07) is 1.64. The minimum atomic E-state index is 0.156. The fourth-order valence-electron chi connectivity index (χ4n) is 3.16. The monoisotopic (exact) mass is 428 g/mol. The van der Waals surface area contributed by atoms with Crippen molar-refractivity contribution in [2.24, 2.45) is 0 Å². The first-order valence-corrected chi connectivity index (χ1v) is 13.0. The number of aryl methyl sites for hydroxylation is 1. The Labute approximate surface area is 180 Å². The van der Waals surface area contributed by atoms with Crippen LogP contribution in [0.25, 0.3) is 0 Å². The van der Waals surface area contributed by atoms with E-state index in [9.17, 15) is 9.59 Å². The molecule has 1 fully saturated rings. The van der Waals surface area contributed by atoms with E-state index in [1.54, 1.807) is 18.0 Å². The minimum absolute atomic E-state index is 0.156. The highest BCUT2D eigenvalue weighted by Crippen LogP contribution is 2.22. The Bertz CT molecular complexity index is 557. The molecular weight excluding hydrogens is 388 g/mol. The van der Waals surface area contributed by atoms with Crippen molar-refractivity contribution < 1.29 is 4.79 Å². The van der Waals surface area contributed by atoms with Gasteiger partial charge in [-0.3, -0.25) is 17.9 Å². The second-order valence-corrected chi connectivity index (χ2v) is 9.49. The van der Waals surface area contributed by atoms with Crippen LogP contribution in [0.3, 0.4) is 0 Å². The fourth-order valence-corrected chi connectivity index (χ4v) is 4.86. The van der Waals surface area contributed by atoms with E-state index in [0.29, 0.717) is 5.91 Å². The smallest absolute Gasteiger partial charge is 0.260 e. The lowest BCUT2D eigenvalue weighted by molar-refractivity contribution is -0.124. The first kappa shape index (κ1) is 25.3. The van der Waals surface area contributed by atoms with Crippen molar-refractivity contribution in [3.63, 3.8) is 0 Å². The third-order valence-electron chi connectivity index (χ3n) is 4.92. The lowest BCUT2D eigenvalue weighted by atomic mass is 10.1. The van der Waals surface area contributed by atoms with Crippen molar-refractivity contribution in [2.75, 3.05) is 12.3 Å². The molecule has 2 heterocycles. The molecule has 0 spiro atoms. The number of unbranched alkanes of at least 4 members (excludes halogenated alkanes) is 10. The largest absolute Gasteiger partial charge is 0.286 e. The van der Waals surface area contributed by atoms with Crippen molar-refractivity contribution in [3.8, 4) is 0 Å². The summed E-state index contributed by atoms with van der Waals surface area (Å²) in [5, 5.41) is 1.86. The van der Waals surface area contributed by atoms with Gasteiger partial charge in [-0.15, -0.1) is 0 Å². The molecule has 0 radical (unpaired) electrons. The highest BCUT2D eigenvalue weighted by Gasteiger charge is 2.19. The Hall–Kier alpha value is -0.750. The van der Waals surface area contributed by atoms with Crippen LogP contribution in [0.2, 0.25) is 0 Å². The van der Waals surface area contributed by atoms with Gasteiger partial charge in [0.15, 0.2) is 0 Å². The van der Waals surface area contributed by atoms with E-state index >= 15 is 0 Å². The molecule has 1 saturated heterocycles. The Balaban J connectivity index is 0.000000280. The van der Waals surface area contributed by atoms with Crippen LogP contribution in [0, 0.1) is 0 Å². The number of aromatic nitrogens is 1. The van der Waals surface area contributed by atoms with Gasteiger partial charge < -0.3 is 0 Å². The molecule has 1 aromatic heterocycles. The zero-order chi connectivity index (χ0) is 20.5. The zero-order valence-corrected chi connectivity index (χ0v) is 19.6. The van der Waals surface area contributed by atoms with Crippen molar-refractivity contribution in [3.05, 3.63) is 21.8 Å². The predicted octanol–water partition coefficient (Wildman–Crippen LogP) is 6.50. The second-order valence-electron chi connectivity index (χ2n) is 7.46.